The molecule has 0 radical (unpaired) electrons. The highest BCUT2D eigenvalue weighted by Crippen LogP contribution is 2.20. The molecule has 0 aromatic heterocycles. The third-order valence-corrected chi connectivity index (χ3v) is 3.63. The highest BCUT2D eigenvalue weighted by Gasteiger charge is 2.31. The number of benzene rings is 1. The molecule has 0 saturated carbocycles. The summed E-state index contributed by atoms with van der Waals surface area (Å²) >= 11 is 0. The zero-order valence-electron chi connectivity index (χ0n) is 14.6. The summed E-state index contributed by atoms with van der Waals surface area (Å²) in [5.41, 5.74) is 0.899. The summed E-state index contributed by atoms with van der Waals surface area (Å²) in [5.74, 6) is 0.512. The Morgan fingerprint density at radius 3 is 2.52 bits per heavy atom. The van der Waals surface area contributed by atoms with E-state index in [4.69, 9.17) is 0 Å². The van der Waals surface area contributed by atoms with E-state index in [1.807, 2.05) is 44.2 Å². The summed E-state index contributed by atoms with van der Waals surface area (Å²) in [5, 5.41) is 9.05. The first kappa shape index (κ1) is 21.2. The van der Waals surface area contributed by atoms with E-state index in [1.54, 1.807) is 4.90 Å². The molecule has 1 heterocycles. The number of likely N-dealkylation sites (N-methyl/N-ethyl adjacent to an activating group) is 1. The van der Waals surface area contributed by atoms with Gasteiger partial charge in [0, 0.05) is 31.7 Å². The number of nitrogens with one attached hydrogen (secondary N) is 3. The van der Waals surface area contributed by atoms with Crippen molar-refractivity contribution in [3.8, 4) is 0 Å². The molecular weight excluding hydrogens is 433 g/mol. The van der Waals surface area contributed by atoms with E-state index in [1.165, 1.54) is 0 Å². The van der Waals surface area contributed by atoms with Crippen molar-refractivity contribution in [2.24, 2.45) is 4.99 Å². The van der Waals surface area contributed by atoms with Crippen LogP contribution in [-0.4, -0.2) is 50.0 Å². The summed E-state index contributed by atoms with van der Waals surface area (Å²) in [6.45, 7) is 5.74. The summed E-state index contributed by atoms with van der Waals surface area (Å²) in [6, 6.07) is 9.58. The number of rotatable bonds is 6. The highest BCUT2D eigenvalue weighted by atomic mass is 127. The lowest BCUT2D eigenvalue weighted by Gasteiger charge is -2.18. The molecule has 1 aliphatic rings. The summed E-state index contributed by atoms with van der Waals surface area (Å²) in [4.78, 5) is 29.8. The molecule has 138 valence electrons. The number of guanidine groups is 1. The van der Waals surface area contributed by atoms with Gasteiger partial charge in [0.2, 0.25) is 11.8 Å². The molecule has 1 aliphatic heterocycles. The molecule has 1 atom stereocenters. The largest absolute Gasteiger partial charge is 0.357 e. The minimum Gasteiger partial charge on any atom is -0.357 e. The predicted molar refractivity (Wildman–Crippen MR) is 110 cm³/mol. The maximum atomic E-state index is 12.2. The molecule has 25 heavy (non-hydrogen) atoms. The number of hydrogen-bond donors (Lipinski definition) is 3. The Morgan fingerprint density at radius 1 is 1.20 bits per heavy atom. The van der Waals surface area contributed by atoms with Gasteiger partial charge in [0.25, 0.3) is 0 Å². The molecule has 8 heteroatoms. The molecule has 0 aliphatic carbocycles. The smallest absolute Gasteiger partial charge is 0.241 e. The quantitative estimate of drug-likeness (QED) is 0.338. The Morgan fingerprint density at radius 2 is 1.88 bits per heavy atom. The number of hydrogen-bond acceptors (Lipinski definition) is 3. The fourth-order valence-corrected chi connectivity index (χ4v) is 2.58. The Hall–Kier alpha value is -1.84. The molecule has 2 rings (SSSR count). The second kappa shape index (κ2) is 10.9. The minimum atomic E-state index is -0.122. The average Bonchev–Trinajstić information content (AvgIpc) is 2.94. The van der Waals surface area contributed by atoms with Gasteiger partial charge in [0.15, 0.2) is 5.96 Å². The molecule has 1 unspecified atom stereocenters. The molecule has 1 saturated heterocycles. The van der Waals surface area contributed by atoms with Gasteiger partial charge >= 0.3 is 0 Å². The first-order chi connectivity index (χ1) is 11.6. The Bertz CT molecular complexity index is 594. The van der Waals surface area contributed by atoms with Gasteiger partial charge in [0.1, 0.15) is 6.54 Å². The van der Waals surface area contributed by atoms with Crippen molar-refractivity contribution in [3.05, 3.63) is 30.3 Å². The zero-order chi connectivity index (χ0) is 17.4. The van der Waals surface area contributed by atoms with Crippen molar-refractivity contribution in [1.29, 1.82) is 0 Å². The summed E-state index contributed by atoms with van der Waals surface area (Å²) in [6.07, 6.45) is 0.403. The van der Waals surface area contributed by atoms with Crippen LogP contribution < -0.4 is 20.9 Å². The minimum absolute atomic E-state index is 0. The first-order valence-electron chi connectivity index (χ1n) is 8.31. The van der Waals surface area contributed by atoms with Crippen LogP contribution in [0.15, 0.2) is 35.3 Å². The van der Waals surface area contributed by atoms with E-state index in [0.29, 0.717) is 32.0 Å². The number of para-hydroxylation sites is 1. The van der Waals surface area contributed by atoms with Crippen LogP contribution in [0.4, 0.5) is 5.69 Å². The molecule has 0 spiro atoms. The molecule has 0 bridgehead atoms. The fourth-order valence-electron chi connectivity index (χ4n) is 2.58. The van der Waals surface area contributed by atoms with E-state index in [0.717, 1.165) is 5.69 Å². The maximum Gasteiger partial charge on any atom is 0.241 e. The summed E-state index contributed by atoms with van der Waals surface area (Å²) < 4.78 is 0. The van der Waals surface area contributed by atoms with E-state index in [2.05, 4.69) is 20.9 Å². The lowest BCUT2D eigenvalue weighted by molar-refractivity contribution is -0.119. The highest BCUT2D eigenvalue weighted by molar-refractivity contribution is 14.0. The van der Waals surface area contributed by atoms with Crippen LogP contribution in [-0.2, 0) is 9.59 Å². The van der Waals surface area contributed by atoms with Gasteiger partial charge in [-0.2, -0.15) is 0 Å². The number of halogens is 1. The van der Waals surface area contributed by atoms with E-state index < -0.39 is 0 Å². The molecular formula is C17H26IN5O2. The van der Waals surface area contributed by atoms with Crippen molar-refractivity contribution in [2.75, 3.05) is 31.1 Å². The fraction of sp³-hybridized carbons (Fsp3) is 0.471. The van der Waals surface area contributed by atoms with Gasteiger partial charge in [-0.3, -0.25) is 9.59 Å². The van der Waals surface area contributed by atoms with Gasteiger partial charge in [-0.05, 0) is 26.0 Å². The first-order valence-corrected chi connectivity index (χ1v) is 8.31. The van der Waals surface area contributed by atoms with Crippen molar-refractivity contribution >= 4 is 47.4 Å². The zero-order valence-corrected chi connectivity index (χ0v) is 16.9. The van der Waals surface area contributed by atoms with Gasteiger partial charge in [-0.1, -0.05) is 18.2 Å². The van der Waals surface area contributed by atoms with Gasteiger partial charge < -0.3 is 20.9 Å². The van der Waals surface area contributed by atoms with Crippen LogP contribution in [0, 0.1) is 0 Å². The molecule has 2 amide bonds. The number of carbonyl (C=O) groups excluding carboxylic acids is 2. The Balaban J connectivity index is 0.00000312. The lowest BCUT2D eigenvalue weighted by atomic mass is 10.2. The van der Waals surface area contributed by atoms with Crippen molar-refractivity contribution in [1.82, 2.24) is 16.0 Å². The van der Waals surface area contributed by atoms with Gasteiger partial charge in [0.05, 0.1) is 6.04 Å². The number of nitrogens with zero attached hydrogens (tertiary/aromatic N) is 2. The van der Waals surface area contributed by atoms with Crippen LogP contribution in [0.3, 0.4) is 0 Å². The molecule has 3 N–H and O–H groups in total. The Labute approximate surface area is 165 Å². The molecule has 1 aromatic rings. The van der Waals surface area contributed by atoms with Gasteiger partial charge in [-0.15, -0.1) is 24.0 Å². The third-order valence-electron chi connectivity index (χ3n) is 3.63. The number of aliphatic imine (C=N–C) groups is 1. The van der Waals surface area contributed by atoms with Crippen LogP contribution in [0.25, 0.3) is 0 Å². The van der Waals surface area contributed by atoms with Crippen LogP contribution in [0.5, 0.6) is 0 Å². The monoisotopic (exact) mass is 459 g/mol. The van der Waals surface area contributed by atoms with Crippen LogP contribution in [0.2, 0.25) is 0 Å². The standard InChI is InChI=1S/C17H25N5O2.HI/c1-3-18-15(23)11-20-17(19-4-2)21-13-10-16(24)22(12-13)14-8-6-5-7-9-14;/h5-9,13H,3-4,10-12H2,1-2H3,(H,18,23)(H2,19,20,21);1H. The van der Waals surface area contributed by atoms with E-state index in [9.17, 15) is 9.59 Å². The molecule has 1 aromatic carbocycles. The predicted octanol–water partition coefficient (Wildman–Crippen LogP) is 1.10. The topological polar surface area (TPSA) is 85.8 Å². The summed E-state index contributed by atoms with van der Waals surface area (Å²) in [7, 11) is 0. The number of amides is 2. The van der Waals surface area contributed by atoms with Crippen molar-refractivity contribution in [3.63, 3.8) is 0 Å². The second-order valence-electron chi connectivity index (χ2n) is 5.53. The van der Waals surface area contributed by atoms with Crippen molar-refractivity contribution in [2.45, 2.75) is 26.3 Å². The van der Waals surface area contributed by atoms with Crippen LogP contribution in [0.1, 0.15) is 20.3 Å². The second-order valence-corrected chi connectivity index (χ2v) is 5.53. The normalized spacial score (nSPS) is 17.0. The third kappa shape index (κ3) is 6.52. The van der Waals surface area contributed by atoms with Crippen LogP contribution >= 0.6 is 24.0 Å². The lowest BCUT2D eigenvalue weighted by Crippen LogP contribution is -2.45. The SMILES string of the molecule is CCNC(=O)CN=C(NCC)NC1CC(=O)N(c2ccccc2)C1.I. The van der Waals surface area contributed by atoms with Gasteiger partial charge in [-0.25, -0.2) is 4.99 Å². The number of anilines is 1. The molecule has 1 fully saturated rings. The van der Waals surface area contributed by atoms with E-state index >= 15 is 0 Å². The maximum absolute atomic E-state index is 12.2. The van der Waals surface area contributed by atoms with Crippen molar-refractivity contribution < 1.29 is 9.59 Å². The van der Waals surface area contributed by atoms with E-state index in [-0.39, 0.29) is 48.4 Å². The Kier molecular flexibility index (Phi) is 9.25. The molecule has 7 nitrogen and oxygen atoms in total. The number of carbonyl (C=O) groups is 2. The average molecular weight is 459 g/mol.